The van der Waals surface area contributed by atoms with Crippen molar-refractivity contribution >= 4 is 6.08 Å². The molecule has 2 aromatic rings. The number of fused-ring (bicyclic) bond motifs is 1. The minimum Gasteiger partial charge on any atom is -0.483 e. The standard InChI is InChI=1S/C18H19NO/c1-4-16-12-14(8-10-19-16)13-5-6-17-15(11-13)7-9-18(2,3)20-17/h5-12H,4H2,1-3H3. The van der Waals surface area contributed by atoms with E-state index in [4.69, 9.17) is 4.74 Å². The Bertz CT molecular complexity index is 671. The largest absolute Gasteiger partial charge is 0.483 e. The van der Waals surface area contributed by atoms with Crippen molar-refractivity contribution in [2.24, 2.45) is 0 Å². The van der Waals surface area contributed by atoms with Crippen LogP contribution in [0.4, 0.5) is 0 Å². The monoisotopic (exact) mass is 265 g/mol. The van der Waals surface area contributed by atoms with E-state index >= 15 is 0 Å². The lowest BCUT2D eigenvalue weighted by Gasteiger charge is -2.28. The van der Waals surface area contributed by atoms with Crippen molar-refractivity contribution in [3.63, 3.8) is 0 Å². The first kappa shape index (κ1) is 12.9. The average molecular weight is 265 g/mol. The minimum absolute atomic E-state index is 0.222. The van der Waals surface area contributed by atoms with E-state index in [1.54, 1.807) is 0 Å². The SMILES string of the molecule is CCc1cc(-c2ccc3c(c2)C=CC(C)(C)O3)ccn1. The van der Waals surface area contributed by atoms with Gasteiger partial charge >= 0.3 is 0 Å². The van der Waals surface area contributed by atoms with Crippen molar-refractivity contribution in [2.45, 2.75) is 32.8 Å². The molecule has 0 N–H and O–H groups in total. The van der Waals surface area contributed by atoms with Crippen molar-refractivity contribution in [1.29, 1.82) is 0 Å². The van der Waals surface area contributed by atoms with Crippen LogP contribution in [0.2, 0.25) is 0 Å². The van der Waals surface area contributed by atoms with Gasteiger partial charge in [0.15, 0.2) is 0 Å². The average Bonchev–Trinajstić information content (AvgIpc) is 2.46. The van der Waals surface area contributed by atoms with Gasteiger partial charge in [0, 0.05) is 17.5 Å². The zero-order valence-electron chi connectivity index (χ0n) is 12.2. The van der Waals surface area contributed by atoms with Gasteiger partial charge in [0.1, 0.15) is 11.4 Å². The maximum atomic E-state index is 5.96. The highest BCUT2D eigenvalue weighted by molar-refractivity contribution is 5.71. The molecule has 102 valence electrons. The fourth-order valence-electron chi connectivity index (χ4n) is 2.41. The zero-order chi connectivity index (χ0) is 14.2. The number of nitrogens with zero attached hydrogens (tertiary/aromatic N) is 1. The van der Waals surface area contributed by atoms with Gasteiger partial charge in [0.25, 0.3) is 0 Å². The van der Waals surface area contributed by atoms with Crippen LogP contribution in [0.1, 0.15) is 32.0 Å². The molecule has 1 aromatic carbocycles. The number of ether oxygens (including phenoxy) is 1. The minimum atomic E-state index is -0.222. The van der Waals surface area contributed by atoms with Gasteiger partial charge in [-0.15, -0.1) is 0 Å². The van der Waals surface area contributed by atoms with E-state index in [-0.39, 0.29) is 5.60 Å². The van der Waals surface area contributed by atoms with Gasteiger partial charge < -0.3 is 4.74 Å². The molecule has 2 nitrogen and oxygen atoms in total. The van der Waals surface area contributed by atoms with Gasteiger partial charge in [0.2, 0.25) is 0 Å². The summed E-state index contributed by atoms with van der Waals surface area (Å²) < 4.78 is 5.96. The Hall–Kier alpha value is -2.09. The molecule has 0 atom stereocenters. The smallest absolute Gasteiger partial charge is 0.127 e. The van der Waals surface area contributed by atoms with E-state index < -0.39 is 0 Å². The lowest BCUT2D eigenvalue weighted by atomic mass is 9.98. The Labute approximate surface area is 120 Å². The predicted molar refractivity (Wildman–Crippen MR) is 82.8 cm³/mol. The maximum absolute atomic E-state index is 5.96. The number of rotatable bonds is 2. The highest BCUT2D eigenvalue weighted by Gasteiger charge is 2.21. The second kappa shape index (κ2) is 4.78. The van der Waals surface area contributed by atoms with Crippen LogP contribution in [0.5, 0.6) is 5.75 Å². The number of hydrogen-bond acceptors (Lipinski definition) is 2. The number of pyridine rings is 1. The molecule has 0 bridgehead atoms. The summed E-state index contributed by atoms with van der Waals surface area (Å²) in [4.78, 5) is 4.35. The fourth-order valence-corrected chi connectivity index (χ4v) is 2.41. The topological polar surface area (TPSA) is 22.1 Å². The number of aryl methyl sites for hydroxylation is 1. The van der Waals surface area contributed by atoms with E-state index in [1.807, 2.05) is 6.20 Å². The Morgan fingerprint density at radius 2 is 1.90 bits per heavy atom. The number of benzene rings is 1. The summed E-state index contributed by atoms with van der Waals surface area (Å²) in [6.07, 6.45) is 7.08. The van der Waals surface area contributed by atoms with Crippen LogP contribution in [0.3, 0.4) is 0 Å². The van der Waals surface area contributed by atoms with E-state index in [2.05, 4.69) is 68.2 Å². The molecule has 1 aromatic heterocycles. The summed E-state index contributed by atoms with van der Waals surface area (Å²) in [5.74, 6) is 0.950. The van der Waals surface area contributed by atoms with Crippen LogP contribution in [-0.4, -0.2) is 10.6 Å². The molecule has 1 aliphatic heterocycles. The summed E-state index contributed by atoms with van der Waals surface area (Å²) in [7, 11) is 0. The molecule has 3 rings (SSSR count). The summed E-state index contributed by atoms with van der Waals surface area (Å²) in [6, 6.07) is 10.6. The van der Waals surface area contributed by atoms with Crippen LogP contribution in [0.25, 0.3) is 17.2 Å². The lowest BCUT2D eigenvalue weighted by Crippen LogP contribution is -2.27. The highest BCUT2D eigenvalue weighted by atomic mass is 16.5. The first-order chi connectivity index (χ1) is 9.57. The molecule has 0 saturated carbocycles. The normalized spacial score (nSPS) is 15.6. The molecular weight excluding hydrogens is 246 g/mol. The molecule has 0 saturated heterocycles. The molecular formula is C18H19NO. The highest BCUT2D eigenvalue weighted by Crippen LogP contribution is 2.34. The molecule has 2 heteroatoms. The lowest BCUT2D eigenvalue weighted by molar-refractivity contribution is 0.159. The van der Waals surface area contributed by atoms with E-state index in [0.717, 1.165) is 23.4 Å². The van der Waals surface area contributed by atoms with Crippen molar-refractivity contribution in [1.82, 2.24) is 4.98 Å². The first-order valence-corrected chi connectivity index (χ1v) is 7.05. The maximum Gasteiger partial charge on any atom is 0.127 e. The second-order valence-electron chi connectivity index (χ2n) is 5.68. The van der Waals surface area contributed by atoms with Crippen LogP contribution in [0, 0.1) is 0 Å². The van der Waals surface area contributed by atoms with Gasteiger partial charge in [-0.2, -0.15) is 0 Å². The Balaban J connectivity index is 2.01. The van der Waals surface area contributed by atoms with Crippen LogP contribution in [-0.2, 0) is 6.42 Å². The van der Waals surface area contributed by atoms with E-state index in [9.17, 15) is 0 Å². The summed E-state index contributed by atoms with van der Waals surface area (Å²) in [6.45, 7) is 6.26. The fraction of sp³-hybridized carbons (Fsp3) is 0.278. The molecule has 0 aliphatic carbocycles. The predicted octanol–water partition coefficient (Wildman–Crippen LogP) is 4.50. The Morgan fingerprint density at radius 1 is 1.10 bits per heavy atom. The van der Waals surface area contributed by atoms with Crippen LogP contribution < -0.4 is 4.74 Å². The summed E-state index contributed by atoms with van der Waals surface area (Å²) in [5.41, 5.74) is 4.44. The third kappa shape index (κ3) is 2.46. The van der Waals surface area contributed by atoms with Crippen LogP contribution in [0.15, 0.2) is 42.6 Å². The Morgan fingerprint density at radius 3 is 2.70 bits per heavy atom. The Kier molecular flexibility index (Phi) is 3.09. The van der Waals surface area contributed by atoms with Crippen molar-refractivity contribution in [3.05, 3.63) is 53.9 Å². The van der Waals surface area contributed by atoms with Crippen molar-refractivity contribution < 1.29 is 4.74 Å². The quantitative estimate of drug-likeness (QED) is 0.798. The zero-order valence-corrected chi connectivity index (χ0v) is 12.2. The van der Waals surface area contributed by atoms with Gasteiger partial charge in [0.05, 0.1) is 0 Å². The molecule has 0 fully saturated rings. The number of aromatic nitrogens is 1. The summed E-state index contributed by atoms with van der Waals surface area (Å²) in [5, 5.41) is 0. The molecule has 0 amide bonds. The molecule has 2 heterocycles. The van der Waals surface area contributed by atoms with Gasteiger partial charge in [-0.05, 0) is 61.7 Å². The van der Waals surface area contributed by atoms with Crippen LogP contribution >= 0.6 is 0 Å². The van der Waals surface area contributed by atoms with Gasteiger partial charge in [-0.3, -0.25) is 4.98 Å². The summed E-state index contributed by atoms with van der Waals surface area (Å²) >= 11 is 0. The van der Waals surface area contributed by atoms with Gasteiger partial charge in [-0.1, -0.05) is 19.1 Å². The van der Waals surface area contributed by atoms with Crippen molar-refractivity contribution in [2.75, 3.05) is 0 Å². The van der Waals surface area contributed by atoms with Crippen molar-refractivity contribution in [3.8, 4) is 16.9 Å². The molecule has 20 heavy (non-hydrogen) atoms. The van der Waals surface area contributed by atoms with E-state index in [1.165, 1.54) is 11.1 Å². The molecule has 0 unspecified atom stereocenters. The first-order valence-electron chi connectivity index (χ1n) is 7.05. The van der Waals surface area contributed by atoms with E-state index in [0.29, 0.717) is 0 Å². The van der Waals surface area contributed by atoms with Gasteiger partial charge in [-0.25, -0.2) is 0 Å². The molecule has 0 radical (unpaired) electrons. The second-order valence-corrected chi connectivity index (χ2v) is 5.68. The third-order valence-electron chi connectivity index (χ3n) is 3.56. The number of hydrogen-bond donors (Lipinski definition) is 0. The third-order valence-corrected chi connectivity index (χ3v) is 3.56. The molecule has 0 spiro atoms. The molecule has 1 aliphatic rings.